The van der Waals surface area contributed by atoms with Crippen molar-refractivity contribution in [3.8, 4) is 0 Å². The monoisotopic (exact) mass is 1840 g/mol. The van der Waals surface area contributed by atoms with E-state index in [-0.39, 0.29) is 191 Å². The molecule has 0 aliphatic heterocycles. The van der Waals surface area contributed by atoms with Crippen LogP contribution in [0, 0.1) is 0 Å². The minimum Gasteiger partial charge on any atom is -0.469 e. The lowest BCUT2D eigenvalue weighted by Gasteiger charge is -2.23. The highest BCUT2D eigenvalue weighted by atomic mass is 16.7. The summed E-state index contributed by atoms with van der Waals surface area (Å²) >= 11 is 0. The molecule has 0 rings (SSSR count). The fourth-order valence-electron chi connectivity index (χ4n) is 8.75. The number of hydrogen-bond acceptors (Lipinski definition) is 46. The average Bonchev–Trinajstić information content (AvgIpc) is 0.940. The van der Waals surface area contributed by atoms with Gasteiger partial charge < -0.3 is 99.5 Å². The lowest BCUT2D eigenvalue weighted by atomic mass is 10.2. The van der Waals surface area contributed by atoms with Crippen LogP contribution in [0.3, 0.4) is 0 Å². The van der Waals surface area contributed by atoms with Crippen LogP contribution in [0.4, 0.5) is 9.59 Å². The molecule has 0 aromatic rings. The Balaban J connectivity index is -0.000000348. The number of rotatable bonds is 71. The molecule has 0 bridgehead atoms. The van der Waals surface area contributed by atoms with Crippen LogP contribution in [-0.2, 0) is 181 Å². The zero-order valence-electron chi connectivity index (χ0n) is 76.9. The van der Waals surface area contributed by atoms with Gasteiger partial charge in [0.25, 0.3) is 45.3 Å². The van der Waals surface area contributed by atoms with Crippen LogP contribution >= 0.6 is 0 Å². The van der Waals surface area contributed by atoms with Crippen LogP contribution < -0.4 is 0 Å². The lowest BCUT2D eigenvalue weighted by Crippen LogP contribution is -2.35. The highest BCUT2D eigenvalue weighted by Gasteiger charge is 2.22. The van der Waals surface area contributed by atoms with Gasteiger partial charge in [0.1, 0.15) is 104 Å². The minimum absolute atomic E-state index is 0.0000786. The molecule has 0 spiro atoms. The van der Waals surface area contributed by atoms with E-state index < -0.39 is 29.5 Å². The number of methoxy groups -OCH3 is 2. The summed E-state index contributed by atoms with van der Waals surface area (Å²) in [6, 6.07) is 0. The van der Waals surface area contributed by atoms with Crippen molar-refractivity contribution in [1.82, 2.24) is 29.4 Å². The Hall–Kier alpha value is -10.7. The Morgan fingerprint density at radius 3 is 0.567 bits per heavy atom. The zero-order chi connectivity index (χ0) is 97.0. The Labute approximate surface area is 744 Å². The van der Waals surface area contributed by atoms with Crippen molar-refractivity contribution in [2.24, 2.45) is 0 Å². The predicted octanol–water partition coefficient (Wildman–Crippen LogP) is 2.58. The van der Waals surface area contributed by atoms with Crippen molar-refractivity contribution in [1.29, 1.82) is 0 Å². The molecule has 0 aromatic heterocycles. The Morgan fingerprint density at radius 2 is 0.386 bits per heavy atom. The number of esters is 10. The van der Waals surface area contributed by atoms with E-state index in [0.717, 1.165) is 0 Å². The maximum atomic E-state index is 11.6. The number of carbonyl (C=O) groups excluding carboxylic acids is 19. The molecule has 0 N–H and O–H groups in total. The Morgan fingerprint density at radius 1 is 0.213 bits per heavy atom. The third kappa shape index (κ3) is 98.9. The lowest BCUT2D eigenvalue weighted by molar-refractivity contribution is -0.148. The first-order valence-electron chi connectivity index (χ1n) is 41.4. The second-order valence-corrected chi connectivity index (χ2v) is 27.0. The second kappa shape index (κ2) is 91.5. The molecule has 0 aliphatic rings. The summed E-state index contributed by atoms with van der Waals surface area (Å²) in [7, 11) is 2.65. The van der Waals surface area contributed by atoms with Gasteiger partial charge >= 0.3 is 72.0 Å². The molecule has 0 amide bonds. The SMILES string of the molecule is CCC(=O)OCCN(CCOC(=O)CC)CCC(=O)OC.CCOC(=O)CCN(CCOC(=O)CC)CCOC(=O)CC.CCOC(=O)CCN(CCOC(=O)OC(C)(C)C)CCOC(=O)OC(C)(C)C.CCOC(=O)CCN(CCOC=O)CCOC=O.COC(=O)CCN(CCOC=O)CCOC=O.O=COCCOC(=O)CCN(CCOC=O)CCOC=O. The van der Waals surface area contributed by atoms with Gasteiger partial charge in [-0.3, -0.25) is 111 Å². The maximum Gasteiger partial charge on any atom is 0.508 e. The summed E-state index contributed by atoms with van der Waals surface area (Å²) < 4.78 is 101. The maximum absolute atomic E-state index is 11.6. The van der Waals surface area contributed by atoms with Gasteiger partial charge in [-0.05, 0) is 62.3 Å². The van der Waals surface area contributed by atoms with Crippen molar-refractivity contribution >= 4 is 117 Å². The van der Waals surface area contributed by atoms with Gasteiger partial charge in [0.15, 0.2) is 0 Å². The summed E-state index contributed by atoms with van der Waals surface area (Å²) in [6.07, 6.45) is 1.05. The molecule has 0 aromatic carbocycles. The van der Waals surface area contributed by atoms with Crippen LogP contribution in [0.15, 0.2) is 0 Å². The first-order valence-corrected chi connectivity index (χ1v) is 41.4. The third-order valence-corrected chi connectivity index (χ3v) is 15.1. The van der Waals surface area contributed by atoms with Crippen LogP contribution in [0.25, 0.3) is 0 Å². The molecule has 0 atom stereocenters. The van der Waals surface area contributed by atoms with Crippen molar-refractivity contribution in [2.45, 2.75) is 165 Å². The van der Waals surface area contributed by atoms with Crippen LogP contribution in [-0.4, -0.2) is 402 Å². The fourth-order valence-corrected chi connectivity index (χ4v) is 8.75. The summed E-state index contributed by atoms with van der Waals surface area (Å²) in [5, 5.41) is 0. The van der Waals surface area contributed by atoms with Gasteiger partial charge in [0, 0.05) is 143 Å². The van der Waals surface area contributed by atoms with E-state index in [1.54, 1.807) is 94.9 Å². The van der Waals surface area contributed by atoms with Crippen molar-refractivity contribution < 1.29 is 191 Å². The number of hydrogen-bond donors (Lipinski definition) is 0. The second-order valence-electron chi connectivity index (χ2n) is 27.0. The molecular weight excluding hydrogens is 1700 g/mol. The van der Waals surface area contributed by atoms with E-state index in [9.17, 15) is 91.1 Å². The molecule has 0 radical (unpaired) electrons. The largest absolute Gasteiger partial charge is 0.508 e. The molecule has 0 heterocycles. The summed E-state index contributed by atoms with van der Waals surface area (Å²) in [5.74, 6) is -3.00. The predicted molar refractivity (Wildman–Crippen MR) is 445 cm³/mol. The minimum atomic E-state index is -0.761. The number of ether oxygens (including phenoxy) is 21. The molecule has 0 unspecified atom stereocenters. The van der Waals surface area contributed by atoms with Gasteiger partial charge in [-0.1, -0.05) is 27.7 Å². The van der Waals surface area contributed by atoms with Gasteiger partial charge in [-0.15, -0.1) is 0 Å². The molecule has 0 fully saturated rings. The number of carbonyl (C=O) groups is 19. The van der Waals surface area contributed by atoms with E-state index in [4.69, 9.17) is 56.8 Å². The molecule has 46 nitrogen and oxygen atoms in total. The van der Waals surface area contributed by atoms with Gasteiger partial charge in [0.05, 0.1) is 72.6 Å². The first kappa shape index (κ1) is 127. The zero-order valence-corrected chi connectivity index (χ0v) is 76.9. The molecular formula is C81H142N6O40. The van der Waals surface area contributed by atoms with Crippen molar-refractivity contribution in [2.75, 3.05) is 244 Å². The quantitative estimate of drug-likeness (QED) is 0.0365. The fraction of sp³-hybridized carbons (Fsp3) is 0.765. The molecule has 127 heavy (non-hydrogen) atoms. The Kier molecular flexibility index (Phi) is 91.6. The number of nitrogens with zero attached hydrogens (tertiary/aromatic N) is 6. The molecule has 736 valence electrons. The standard InChI is InChI=1S/C19H35NO8.C15H27NO6.C14H25NO6.C12H19NO8.C11H19NO6.C10H17NO6/c1-8-24-15(21)9-10-20(11-13-25-16(22)27-18(2,3)4)12-14-26-17(23)28-19(5,6)7;1-4-13(17)21-11-9-16(8-7-15(19)20-6-3)10-12-22-14(18)5-2;1-4-12(16)20-10-8-15(7-6-14(18)19-3)9-11-21-13(17)5-2;14-9-18-5-3-13(4-6-19-10-15)2-1-12(17)21-8-7-20-11-16;1-2-18-11(15)3-4-12(5-7-16-9-13)6-8-17-10-14;1-15-10(14)2-3-11(4-6-16-8-12)5-7-17-9-13/h8-14H2,1-7H3;4-12H2,1-3H3;4-11H2,1-3H3;9-11H,1-8H2;9-10H,2-8H2,1H3;8-9H,2-7H2,1H3. The Bertz CT molecular complexity index is 2800. The van der Waals surface area contributed by atoms with E-state index in [2.05, 4.69) is 42.6 Å². The van der Waals surface area contributed by atoms with E-state index in [1.807, 2.05) is 24.5 Å². The van der Waals surface area contributed by atoms with E-state index in [1.165, 1.54) is 14.2 Å². The first-order chi connectivity index (χ1) is 60.6. The summed E-state index contributed by atoms with van der Waals surface area (Å²) in [6.45, 7) is 36.3. The molecule has 0 saturated heterocycles. The highest BCUT2D eigenvalue weighted by molar-refractivity contribution is 5.72. The van der Waals surface area contributed by atoms with Gasteiger partial charge in [-0.25, -0.2) is 9.59 Å². The van der Waals surface area contributed by atoms with Crippen molar-refractivity contribution in [3.05, 3.63) is 0 Å². The summed E-state index contributed by atoms with van der Waals surface area (Å²) in [5.41, 5.74) is -1.27. The van der Waals surface area contributed by atoms with Crippen molar-refractivity contribution in [3.63, 3.8) is 0 Å². The van der Waals surface area contributed by atoms with Crippen LogP contribution in [0.5, 0.6) is 0 Å². The van der Waals surface area contributed by atoms with Gasteiger partial charge in [0.2, 0.25) is 0 Å². The van der Waals surface area contributed by atoms with E-state index >= 15 is 0 Å². The third-order valence-electron chi connectivity index (χ3n) is 15.1. The summed E-state index contributed by atoms with van der Waals surface area (Å²) in [4.78, 5) is 216. The normalized spacial score (nSPS) is 10.4. The molecule has 0 aliphatic carbocycles. The van der Waals surface area contributed by atoms with Gasteiger partial charge in [-0.2, -0.15) is 0 Å². The topological polar surface area (TPSA) is 538 Å². The van der Waals surface area contributed by atoms with E-state index in [0.29, 0.717) is 202 Å². The van der Waals surface area contributed by atoms with Crippen LogP contribution in [0.2, 0.25) is 0 Å². The smallest absolute Gasteiger partial charge is 0.469 e. The van der Waals surface area contributed by atoms with Crippen LogP contribution in [0.1, 0.15) is 154 Å². The average molecular weight is 1840 g/mol. The highest BCUT2D eigenvalue weighted by Crippen LogP contribution is 2.11. The molecule has 0 saturated carbocycles. The molecule has 46 heteroatoms.